The third-order valence-corrected chi connectivity index (χ3v) is 3.77. The van der Waals surface area contributed by atoms with Crippen molar-refractivity contribution >= 4 is 23.3 Å². The Balaban J connectivity index is 1.76. The van der Waals surface area contributed by atoms with E-state index >= 15 is 0 Å². The summed E-state index contributed by atoms with van der Waals surface area (Å²) in [6.45, 7) is 5.59. The molecule has 0 spiro atoms. The summed E-state index contributed by atoms with van der Waals surface area (Å²) in [6, 6.07) is 10.4. The first kappa shape index (κ1) is 17.3. The molecule has 0 aliphatic rings. The fraction of sp³-hybridized carbons (Fsp3) is 0.158. The van der Waals surface area contributed by atoms with Gasteiger partial charge in [0.25, 0.3) is 11.8 Å². The van der Waals surface area contributed by atoms with E-state index in [-0.39, 0.29) is 11.6 Å². The average molecular weight is 350 g/mol. The lowest BCUT2D eigenvalue weighted by molar-refractivity contribution is 0.102. The first-order valence-electron chi connectivity index (χ1n) is 8.02. The largest absolute Gasteiger partial charge is 0.360 e. The molecule has 132 valence electrons. The lowest BCUT2D eigenvalue weighted by atomic mass is 10.1. The van der Waals surface area contributed by atoms with E-state index in [9.17, 15) is 9.59 Å². The van der Waals surface area contributed by atoms with E-state index in [2.05, 4.69) is 20.8 Å². The SMILES string of the molecule is Cc1ccc(C)c(NC(=O)c2ccnc(C(=O)Nc3cc(C)on3)c2)c1. The van der Waals surface area contributed by atoms with Gasteiger partial charge < -0.3 is 15.2 Å². The van der Waals surface area contributed by atoms with E-state index in [1.54, 1.807) is 19.1 Å². The highest BCUT2D eigenvalue weighted by molar-refractivity contribution is 6.07. The molecule has 26 heavy (non-hydrogen) atoms. The topological polar surface area (TPSA) is 97.1 Å². The van der Waals surface area contributed by atoms with Crippen molar-refractivity contribution < 1.29 is 14.1 Å². The van der Waals surface area contributed by atoms with Crippen molar-refractivity contribution in [2.45, 2.75) is 20.8 Å². The molecule has 2 amide bonds. The number of anilines is 2. The van der Waals surface area contributed by atoms with Gasteiger partial charge in [0.1, 0.15) is 11.5 Å². The second-order valence-corrected chi connectivity index (χ2v) is 5.98. The van der Waals surface area contributed by atoms with Crippen LogP contribution in [-0.2, 0) is 0 Å². The first-order chi connectivity index (χ1) is 12.4. The maximum atomic E-state index is 12.5. The predicted octanol–water partition coefficient (Wildman–Crippen LogP) is 3.50. The zero-order valence-electron chi connectivity index (χ0n) is 14.7. The summed E-state index contributed by atoms with van der Waals surface area (Å²) in [4.78, 5) is 28.8. The molecular formula is C19H18N4O3. The Morgan fingerprint density at radius 2 is 1.77 bits per heavy atom. The number of nitrogens with one attached hydrogen (secondary N) is 2. The van der Waals surface area contributed by atoms with Crippen molar-refractivity contribution in [1.29, 1.82) is 0 Å². The standard InChI is InChI=1S/C19H18N4O3/c1-11-4-5-12(2)15(8-11)21-18(24)14-6-7-20-16(10-14)19(25)22-17-9-13(3)26-23-17/h4-10H,1-3H3,(H,21,24)(H,22,23,25). The maximum absolute atomic E-state index is 12.5. The van der Waals surface area contributed by atoms with Crippen LogP contribution in [0.3, 0.4) is 0 Å². The number of pyridine rings is 1. The van der Waals surface area contributed by atoms with Crippen molar-refractivity contribution in [3.8, 4) is 0 Å². The van der Waals surface area contributed by atoms with Crippen LogP contribution in [0.1, 0.15) is 37.7 Å². The summed E-state index contributed by atoms with van der Waals surface area (Å²) in [7, 11) is 0. The van der Waals surface area contributed by atoms with Crippen LogP contribution in [0.4, 0.5) is 11.5 Å². The molecule has 2 heterocycles. The van der Waals surface area contributed by atoms with Crippen molar-refractivity contribution in [3.63, 3.8) is 0 Å². The molecule has 0 saturated carbocycles. The molecule has 0 saturated heterocycles. The summed E-state index contributed by atoms with van der Waals surface area (Å²) >= 11 is 0. The van der Waals surface area contributed by atoms with Gasteiger partial charge in [0.05, 0.1) is 0 Å². The summed E-state index contributed by atoms with van der Waals surface area (Å²) in [5.41, 5.74) is 3.18. The summed E-state index contributed by atoms with van der Waals surface area (Å²) < 4.78 is 4.90. The van der Waals surface area contributed by atoms with E-state index < -0.39 is 5.91 Å². The normalized spacial score (nSPS) is 10.4. The van der Waals surface area contributed by atoms with Crippen LogP contribution < -0.4 is 10.6 Å². The van der Waals surface area contributed by atoms with Gasteiger partial charge in [-0.15, -0.1) is 0 Å². The number of aryl methyl sites for hydroxylation is 3. The number of amides is 2. The Labute approximate surface area is 150 Å². The minimum Gasteiger partial charge on any atom is -0.360 e. The van der Waals surface area contributed by atoms with Crippen LogP contribution in [0.25, 0.3) is 0 Å². The van der Waals surface area contributed by atoms with Gasteiger partial charge in [-0.05, 0) is 50.1 Å². The van der Waals surface area contributed by atoms with Gasteiger partial charge in [0.15, 0.2) is 5.82 Å². The smallest absolute Gasteiger partial charge is 0.275 e. The molecule has 2 N–H and O–H groups in total. The summed E-state index contributed by atoms with van der Waals surface area (Å²) in [6.07, 6.45) is 1.42. The quantitative estimate of drug-likeness (QED) is 0.750. The van der Waals surface area contributed by atoms with Crippen LogP contribution in [0, 0.1) is 20.8 Å². The van der Waals surface area contributed by atoms with Crippen LogP contribution in [0.15, 0.2) is 47.1 Å². The molecule has 0 aliphatic carbocycles. The molecule has 1 aromatic carbocycles. The second kappa shape index (κ2) is 7.18. The van der Waals surface area contributed by atoms with Gasteiger partial charge in [-0.2, -0.15) is 0 Å². The van der Waals surface area contributed by atoms with Crippen LogP contribution >= 0.6 is 0 Å². The van der Waals surface area contributed by atoms with Gasteiger partial charge in [-0.3, -0.25) is 14.6 Å². The number of benzene rings is 1. The van der Waals surface area contributed by atoms with E-state index in [0.717, 1.165) is 16.8 Å². The van der Waals surface area contributed by atoms with Gasteiger partial charge in [-0.1, -0.05) is 17.3 Å². The molecule has 0 fully saturated rings. The van der Waals surface area contributed by atoms with Gasteiger partial charge in [-0.25, -0.2) is 0 Å². The number of hydrogen-bond donors (Lipinski definition) is 2. The summed E-state index contributed by atoms with van der Waals surface area (Å²) in [5, 5.41) is 9.13. The molecule has 7 nitrogen and oxygen atoms in total. The predicted molar refractivity (Wildman–Crippen MR) is 97.3 cm³/mol. The molecule has 3 aromatic rings. The fourth-order valence-electron chi connectivity index (χ4n) is 2.37. The van der Waals surface area contributed by atoms with Crippen molar-refractivity contribution in [3.05, 3.63) is 70.7 Å². The highest BCUT2D eigenvalue weighted by Gasteiger charge is 2.14. The molecule has 3 rings (SSSR count). The first-order valence-corrected chi connectivity index (χ1v) is 8.02. The molecule has 0 aliphatic heterocycles. The number of carbonyl (C=O) groups excluding carboxylic acids is 2. The molecular weight excluding hydrogens is 332 g/mol. The molecule has 0 radical (unpaired) electrons. The average Bonchev–Trinajstić information content (AvgIpc) is 3.03. The number of carbonyl (C=O) groups is 2. The number of rotatable bonds is 4. The zero-order valence-corrected chi connectivity index (χ0v) is 14.7. The number of hydrogen-bond acceptors (Lipinski definition) is 5. The highest BCUT2D eigenvalue weighted by Crippen LogP contribution is 2.18. The minimum atomic E-state index is -0.473. The van der Waals surface area contributed by atoms with Crippen LogP contribution in [0.5, 0.6) is 0 Å². The Kier molecular flexibility index (Phi) is 4.79. The molecule has 7 heteroatoms. The Hall–Kier alpha value is -3.48. The van der Waals surface area contributed by atoms with Gasteiger partial charge in [0, 0.05) is 23.5 Å². The van der Waals surface area contributed by atoms with Crippen LogP contribution in [-0.4, -0.2) is 22.0 Å². The lowest BCUT2D eigenvalue weighted by Crippen LogP contribution is -2.17. The van der Waals surface area contributed by atoms with Crippen molar-refractivity contribution in [1.82, 2.24) is 10.1 Å². The van der Waals surface area contributed by atoms with E-state index in [4.69, 9.17) is 4.52 Å². The Bertz CT molecular complexity index is 978. The summed E-state index contributed by atoms with van der Waals surface area (Å²) in [5.74, 6) is 0.0848. The molecule has 0 unspecified atom stereocenters. The maximum Gasteiger partial charge on any atom is 0.275 e. The Morgan fingerprint density at radius 3 is 2.50 bits per heavy atom. The van der Waals surface area contributed by atoms with Gasteiger partial charge in [0.2, 0.25) is 0 Å². The van der Waals surface area contributed by atoms with E-state index in [1.165, 1.54) is 12.3 Å². The van der Waals surface area contributed by atoms with E-state index in [0.29, 0.717) is 17.1 Å². The van der Waals surface area contributed by atoms with Crippen molar-refractivity contribution in [2.75, 3.05) is 10.6 Å². The third kappa shape index (κ3) is 3.94. The lowest BCUT2D eigenvalue weighted by Gasteiger charge is -2.10. The van der Waals surface area contributed by atoms with Crippen LogP contribution in [0.2, 0.25) is 0 Å². The molecule has 0 atom stereocenters. The third-order valence-electron chi connectivity index (χ3n) is 3.77. The van der Waals surface area contributed by atoms with Crippen molar-refractivity contribution in [2.24, 2.45) is 0 Å². The zero-order chi connectivity index (χ0) is 18.7. The van der Waals surface area contributed by atoms with E-state index in [1.807, 2.05) is 32.0 Å². The number of aromatic nitrogens is 2. The number of nitrogens with zero attached hydrogens (tertiary/aromatic N) is 2. The molecule has 0 bridgehead atoms. The van der Waals surface area contributed by atoms with Gasteiger partial charge >= 0.3 is 0 Å². The Morgan fingerprint density at radius 1 is 0.962 bits per heavy atom. The fourth-order valence-corrected chi connectivity index (χ4v) is 2.37. The second-order valence-electron chi connectivity index (χ2n) is 5.98. The monoisotopic (exact) mass is 350 g/mol. The minimum absolute atomic E-state index is 0.110. The molecule has 2 aromatic heterocycles. The highest BCUT2D eigenvalue weighted by atomic mass is 16.5.